The quantitative estimate of drug-likeness (QED) is 0.416. The Morgan fingerprint density at radius 3 is 0.500 bits per heavy atom. The molecule has 0 aromatic rings. The van der Waals surface area contributed by atoms with Gasteiger partial charge < -0.3 is 0 Å². The van der Waals surface area contributed by atoms with Crippen LogP contribution in [-0.2, 0) is 61.3 Å². The molecule has 0 spiro atoms. The largest absolute Gasteiger partial charge is 0 e. The van der Waals surface area contributed by atoms with Crippen LogP contribution in [0.25, 0.3) is 0 Å². The number of hydrogen-bond donors (Lipinski definition) is 0. The van der Waals surface area contributed by atoms with Crippen LogP contribution >= 0.6 is 0 Å². The maximum Gasteiger partial charge on any atom is 0 e. The summed E-state index contributed by atoms with van der Waals surface area (Å²) in [4.78, 5) is 0. The minimum atomic E-state index is 0. The third-order valence-electron chi connectivity index (χ3n) is 0. The van der Waals surface area contributed by atoms with E-state index in [0.717, 1.165) is 0 Å². The summed E-state index contributed by atoms with van der Waals surface area (Å²) in [5.74, 6) is 0. The van der Waals surface area contributed by atoms with E-state index >= 15 is 0 Å². The summed E-state index contributed by atoms with van der Waals surface area (Å²) in [5.41, 5.74) is 0. The molecule has 45 valence electrons. The molecule has 0 aliphatic rings. The van der Waals surface area contributed by atoms with Gasteiger partial charge >= 0.3 is 0 Å². The van der Waals surface area contributed by atoms with Gasteiger partial charge in [-0.3, -0.25) is 0 Å². The molecule has 0 aliphatic heterocycles. The minimum Gasteiger partial charge on any atom is 0 e. The van der Waals surface area contributed by atoms with Crippen molar-refractivity contribution in [1.82, 2.24) is 0 Å². The fourth-order valence-electron chi connectivity index (χ4n) is 0. The van der Waals surface area contributed by atoms with Crippen LogP contribution in [0.4, 0.5) is 0 Å². The molecule has 0 amide bonds. The zero-order valence-electron chi connectivity index (χ0n) is 1.21. The molecule has 0 aromatic carbocycles. The summed E-state index contributed by atoms with van der Waals surface area (Å²) in [6.45, 7) is 0. The topological polar surface area (TPSA) is 0 Å². The molecule has 4 heteroatoms. The fraction of sp³-hybridized carbons (Fsp3) is 0. The Hall–Kier alpha value is 3.22. The van der Waals surface area contributed by atoms with Gasteiger partial charge in [0, 0.05) is 98.1 Å². The second kappa shape index (κ2) is 16.3. The van der Waals surface area contributed by atoms with Crippen molar-refractivity contribution in [3.63, 3.8) is 0 Å². The smallest absolute Gasteiger partial charge is 0 e. The molecule has 0 aliphatic carbocycles. The molecule has 0 unspecified atom stereocenters. The Labute approximate surface area is 96.0 Å². The van der Waals surface area contributed by atoms with E-state index < -0.39 is 0 Å². The molecule has 0 nitrogen and oxygen atoms in total. The van der Waals surface area contributed by atoms with Gasteiger partial charge in [-0.25, -0.2) is 0 Å². The summed E-state index contributed by atoms with van der Waals surface area (Å²) in [5, 5.41) is 0. The van der Waals surface area contributed by atoms with E-state index in [4.69, 9.17) is 0 Å². The standard InChI is InChI=1S/Lu.3Pd. The summed E-state index contributed by atoms with van der Waals surface area (Å²) in [6.07, 6.45) is 0. The Kier molecular flexibility index (Phi) is 110. The normalized spacial score (nSPS) is 0. The van der Waals surface area contributed by atoms with Crippen molar-refractivity contribution in [1.29, 1.82) is 0 Å². The molecule has 0 heterocycles. The van der Waals surface area contributed by atoms with Gasteiger partial charge in [0.2, 0.25) is 0 Å². The van der Waals surface area contributed by atoms with Crippen molar-refractivity contribution >= 4 is 0 Å². The third kappa shape index (κ3) is 8.97. The molecule has 0 fully saturated rings. The van der Waals surface area contributed by atoms with E-state index in [-0.39, 0.29) is 98.1 Å². The van der Waals surface area contributed by atoms with Gasteiger partial charge in [-0.15, -0.1) is 0 Å². The van der Waals surface area contributed by atoms with Crippen LogP contribution in [0.5, 0.6) is 0 Å². The van der Waals surface area contributed by atoms with Crippen molar-refractivity contribution in [2.45, 2.75) is 0 Å². The van der Waals surface area contributed by atoms with Gasteiger partial charge in [0.05, 0.1) is 0 Å². The van der Waals surface area contributed by atoms with E-state index in [9.17, 15) is 0 Å². The van der Waals surface area contributed by atoms with Gasteiger partial charge in [-0.1, -0.05) is 0 Å². The molecular formula is LuPd3. The first-order chi connectivity index (χ1) is 0. The molecule has 0 aromatic heterocycles. The van der Waals surface area contributed by atoms with Gasteiger partial charge in [-0.2, -0.15) is 0 Å². The van der Waals surface area contributed by atoms with E-state index in [1.807, 2.05) is 0 Å². The zero-order chi connectivity index (χ0) is 0. The molecule has 0 saturated carbocycles. The van der Waals surface area contributed by atoms with Crippen molar-refractivity contribution in [2.24, 2.45) is 0 Å². The second-order valence-electron chi connectivity index (χ2n) is 0. The zero-order valence-corrected chi connectivity index (χ0v) is 7.53. The van der Waals surface area contributed by atoms with Crippen LogP contribution in [0.1, 0.15) is 0 Å². The first-order valence-corrected chi connectivity index (χ1v) is 0. The Morgan fingerprint density at radius 1 is 0.500 bits per heavy atom. The SMILES string of the molecule is [Lu].[Pd].[Pd].[Pd]. The molecule has 0 atom stereocenters. The number of hydrogen-bond acceptors (Lipinski definition) is 0. The number of rotatable bonds is 0. The second-order valence-corrected chi connectivity index (χ2v) is 0. The molecule has 4 heavy (non-hydrogen) atoms. The molecule has 0 saturated heterocycles. The van der Waals surface area contributed by atoms with E-state index in [1.165, 1.54) is 0 Å². The van der Waals surface area contributed by atoms with Crippen molar-refractivity contribution in [2.75, 3.05) is 0 Å². The predicted octanol–water partition coefficient (Wildman–Crippen LogP) is -0.00750. The van der Waals surface area contributed by atoms with E-state index in [0.29, 0.717) is 0 Å². The Morgan fingerprint density at radius 2 is 0.500 bits per heavy atom. The predicted molar refractivity (Wildman–Crippen MR) is 0 cm³/mol. The van der Waals surface area contributed by atoms with Gasteiger partial charge in [0.15, 0.2) is 0 Å². The molecule has 0 bridgehead atoms. The van der Waals surface area contributed by atoms with Crippen LogP contribution in [-0.4, -0.2) is 0 Å². The molecule has 0 N–H and O–H groups in total. The van der Waals surface area contributed by atoms with E-state index in [1.54, 1.807) is 0 Å². The Bertz CT molecular complexity index is 3.25. The fourth-order valence-corrected chi connectivity index (χ4v) is 0. The van der Waals surface area contributed by atoms with Crippen molar-refractivity contribution in [3.8, 4) is 0 Å². The minimum absolute atomic E-state index is 0. The van der Waals surface area contributed by atoms with Crippen molar-refractivity contribution in [3.05, 3.63) is 0 Å². The van der Waals surface area contributed by atoms with Gasteiger partial charge in [0.25, 0.3) is 0 Å². The summed E-state index contributed by atoms with van der Waals surface area (Å²) in [7, 11) is 0. The van der Waals surface area contributed by atoms with Crippen LogP contribution in [0.2, 0.25) is 0 Å². The molecule has 0 rings (SSSR count). The summed E-state index contributed by atoms with van der Waals surface area (Å²) >= 11 is 0. The maximum absolute atomic E-state index is 0. The van der Waals surface area contributed by atoms with Crippen LogP contribution in [0.15, 0.2) is 0 Å². The van der Waals surface area contributed by atoms with Crippen LogP contribution < -0.4 is 0 Å². The molecular weight excluding hydrogens is 494 g/mol. The van der Waals surface area contributed by atoms with Gasteiger partial charge in [-0.05, 0) is 0 Å². The Balaban J connectivity index is 0. The average Bonchev–Trinajstić information content (AvgIpc) is 0. The summed E-state index contributed by atoms with van der Waals surface area (Å²) in [6, 6.07) is 0. The van der Waals surface area contributed by atoms with Crippen LogP contribution in [0.3, 0.4) is 0 Å². The third-order valence-corrected chi connectivity index (χ3v) is 0. The first kappa shape index (κ1) is 26.9. The summed E-state index contributed by atoms with van der Waals surface area (Å²) < 4.78 is 0. The van der Waals surface area contributed by atoms with Gasteiger partial charge in [0.1, 0.15) is 0 Å². The van der Waals surface area contributed by atoms with Crippen molar-refractivity contribution < 1.29 is 98.1 Å². The van der Waals surface area contributed by atoms with E-state index in [2.05, 4.69) is 0 Å². The van der Waals surface area contributed by atoms with Crippen LogP contribution in [0, 0.1) is 36.9 Å². The molecule has 1 radical (unpaired) electrons. The maximum atomic E-state index is 0. The first-order valence-electron chi connectivity index (χ1n) is 0. The average molecular weight is 494 g/mol. The monoisotopic (exact) mass is 493 g/mol.